The first-order chi connectivity index (χ1) is 21.0. The molecule has 2 aromatic carbocycles. The molecule has 0 spiro atoms. The lowest BCUT2D eigenvalue weighted by Gasteiger charge is -2.43. The number of carbonyl (C=O) groups is 1. The highest BCUT2D eigenvalue weighted by molar-refractivity contribution is 7.89. The van der Waals surface area contributed by atoms with Crippen LogP contribution in [0.3, 0.4) is 0 Å². The van der Waals surface area contributed by atoms with Crippen LogP contribution >= 0.6 is 0 Å². The van der Waals surface area contributed by atoms with Crippen molar-refractivity contribution in [2.75, 3.05) is 33.1 Å². The Bertz CT molecular complexity index is 1460. The van der Waals surface area contributed by atoms with E-state index in [9.17, 15) is 28.7 Å². The van der Waals surface area contributed by atoms with E-state index >= 15 is 0 Å². The number of carbonyl (C=O) groups excluding carboxylic acids is 1. The lowest BCUT2D eigenvalue weighted by Crippen LogP contribution is -2.61. The number of benzene rings is 2. The van der Waals surface area contributed by atoms with Crippen molar-refractivity contribution in [3.05, 3.63) is 54.1 Å². The Hall–Kier alpha value is -3.41. The molecule has 2 fully saturated rings. The van der Waals surface area contributed by atoms with Gasteiger partial charge in [0.2, 0.25) is 16.8 Å². The highest BCUT2D eigenvalue weighted by Gasteiger charge is 2.47. The van der Waals surface area contributed by atoms with Crippen LogP contribution in [0, 0.1) is 22.7 Å². The molecule has 3 heterocycles. The minimum absolute atomic E-state index is 0.0273. The first kappa shape index (κ1) is 32.0. The number of hydrogen-bond donors (Lipinski definition) is 1. The molecule has 2 aromatic rings. The van der Waals surface area contributed by atoms with Crippen molar-refractivity contribution >= 4 is 16.1 Å². The molecule has 1 amide bonds. The summed E-state index contributed by atoms with van der Waals surface area (Å²) in [5.41, 5.74) is 0.121. The Balaban J connectivity index is 1.50. The Kier molecular flexibility index (Phi) is 9.67. The second-order valence-electron chi connectivity index (χ2n) is 12.2. The minimum Gasteiger partial charge on any atom is -0.530 e. The highest BCUT2D eigenvalue weighted by Crippen LogP contribution is 2.38. The van der Waals surface area contributed by atoms with Crippen LogP contribution in [0.1, 0.15) is 38.7 Å². The predicted molar refractivity (Wildman–Crippen MR) is 155 cm³/mol. The van der Waals surface area contributed by atoms with Gasteiger partial charge in [-0.25, -0.2) is 8.42 Å². The molecule has 0 unspecified atom stereocenters. The van der Waals surface area contributed by atoms with Crippen LogP contribution < -0.4 is 14.6 Å². The molecule has 0 aromatic heterocycles. The van der Waals surface area contributed by atoms with Crippen LogP contribution in [-0.4, -0.2) is 86.4 Å². The summed E-state index contributed by atoms with van der Waals surface area (Å²) in [6.07, 6.45) is -2.15. The Morgan fingerprint density at radius 2 is 1.91 bits per heavy atom. The molecule has 12 nitrogen and oxygen atoms in total. The number of hydrogen-bond acceptors (Lipinski definition) is 10. The number of aliphatic hydroxyl groups excluding tert-OH is 1. The topological polar surface area (TPSA) is 162 Å². The standard InChI is InChI=1S/C31H39N3O9S/c1-31(2,12-6-13-32)19-33(44(38,39)22-9-10-27-28(16-22)43-20-42-27)17-26(35)24(15-21-7-4-3-5-8-21)34(30(36)37)25-18-41-29-23(25)11-14-40-29/h3-5,7-10,16,23-26,29,35H,6,11-12,14-15,17-20H2,1-2H3,(H,36,37)/p-1/t23-,24-,25-,26+,29+/m0/s1. The third-order valence-electron chi connectivity index (χ3n) is 8.56. The number of ether oxygens (including phenoxy) is 4. The maximum absolute atomic E-state index is 14.2. The van der Waals surface area contributed by atoms with Crippen molar-refractivity contribution in [2.45, 2.75) is 68.9 Å². The van der Waals surface area contributed by atoms with Crippen LogP contribution in [0.2, 0.25) is 0 Å². The van der Waals surface area contributed by atoms with E-state index in [1.165, 1.54) is 22.5 Å². The van der Waals surface area contributed by atoms with E-state index in [2.05, 4.69) is 6.07 Å². The predicted octanol–water partition coefficient (Wildman–Crippen LogP) is 2.11. The number of rotatable bonds is 13. The smallest absolute Gasteiger partial charge is 0.243 e. The van der Waals surface area contributed by atoms with Crippen molar-refractivity contribution in [2.24, 2.45) is 11.3 Å². The van der Waals surface area contributed by atoms with Gasteiger partial charge in [-0.3, -0.25) is 0 Å². The summed E-state index contributed by atoms with van der Waals surface area (Å²) in [6, 6.07) is 13.8. The van der Waals surface area contributed by atoms with Crippen LogP contribution in [0.15, 0.2) is 53.4 Å². The monoisotopic (exact) mass is 628 g/mol. The summed E-state index contributed by atoms with van der Waals surface area (Å²) < 4.78 is 51.7. The Morgan fingerprint density at radius 1 is 1.16 bits per heavy atom. The molecule has 13 heteroatoms. The van der Waals surface area contributed by atoms with E-state index in [0.29, 0.717) is 25.2 Å². The number of fused-ring (bicyclic) bond motifs is 2. The quantitative estimate of drug-likeness (QED) is 0.348. The fourth-order valence-corrected chi connectivity index (χ4v) is 7.90. The summed E-state index contributed by atoms with van der Waals surface area (Å²) in [5.74, 6) is 0.470. The van der Waals surface area contributed by atoms with Gasteiger partial charge in [-0.15, -0.1) is 0 Å². The van der Waals surface area contributed by atoms with E-state index < -0.39 is 52.6 Å². The third kappa shape index (κ3) is 6.95. The summed E-state index contributed by atoms with van der Waals surface area (Å²) in [6.45, 7) is 3.73. The van der Waals surface area contributed by atoms with Gasteiger partial charge in [0.1, 0.15) is 6.09 Å². The molecule has 0 saturated carbocycles. The fraction of sp³-hybridized carbons (Fsp3) is 0.548. The molecule has 238 valence electrons. The maximum Gasteiger partial charge on any atom is 0.243 e. The second kappa shape index (κ2) is 13.3. The molecule has 1 N–H and O–H groups in total. The molecule has 3 aliphatic heterocycles. The van der Waals surface area contributed by atoms with E-state index in [0.717, 1.165) is 10.5 Å². The summed E-state index contributed by atoms with van der Waals surface area (Å²) in [5, 5.41) is 33.9. The van der Waals surface area contributed by atoms with Crippen molar-refractivity contribution in [1.82, 2.24) is 9.21 Å². The molecule has 3 aliphatic rings. The van der Waals surface area contributed by atoms with Crippen molar-refractivity contribution in [3.8, 4) is 17.6 Å². The molecule has 2 saturated heterocycles. The van der Waals surface area contributed by atoms with Gasteiger partial charge in [0, 0.05) is 31.5 Å². The molecular weight excluding hydrogens is 590 g/mol. The number of amides is 1. The molecule has 5 rings (SSSR count). The van der Waals surface area contributed by atoms with E-state index in [-0.39, 0.29) is 49.3 Å². The van der Waals surface area contributed by atoms with Gasteiger partial charge in [-0.2, -0.15) is 9.57 Å². The lowest BCUT2D eigenvalue weighted by molar-refractivity contribution is -0.273. The highest BCUT2D eigenvalue weighted by atomic mass is 32.2. The number of aliphatic hydroxyl groups is 1. The first-order valence-electron chi connectivity index (χ1n) is 14.7. The summed E-state index contributed by atoms with van der Waals surface area (Å²) in [7, 11) is -4.23. The number of nitriles is 1. The van der Waals surface area contributed by atoms with Crippen LogP contribution in [-0.2, 0) is 25.9 Å². The Labute approximate surface area is 257 Å². The zero-order valence-corrected chi connectivity index (χ0v) is 25.6. The van der Waals surface area contributed by atoms with Gasteiger partial charge in [-0.05, 0) is 42.4 Å². The molecule has 5 atom stereocenters. The minimum atomic E-state index is -4.23. The van der Waals surface area contributed by atoms with E-state index in [1.54, 1.807) is 0 Å². The van der Waals surface area contributed by atoms with Gasteiger partial charge >= 0.3 is 0 Å². The van der Waals surface area contributed by atoms with Crippen LogP contribution in [0.25, 0.3) is 0 Å². The van der Waals surface area contributed by atoms with Gasteiger partial charge < -0.3 is 38.9 Å². The fourth-order valence-electron chi connectivity index (χ4n) is 6.24. The van der Waals surface area contributed by atoms with Crippen molar-refractivity contribution in [3.63, 3.8) is 0 Å². The summed E-state index contributed by atoms with van der Waals surface area (Å²) in [4.78, 5) is 13.9. The zero-order chi connectivity index (χ0) is 31.5. The van der Waals surface area contributed by atoms with Gasteiger partial charge in [0.25, 0.3) is 0 Å². The second-order valence-corrected chi connectivity index (χ2v) is 14.2. The van der Waals surface area contributed by atoms with E-state index in [1.807, 2.05) is 44.2 Å². The molecular formula is C31H38N3O9S-. The first-order valence-corrected chi connectivity index (χ1v) is 16.2. The molecule has 0 bridgehead atoms. The lowest BCUT2D eigenvalue weighted by atomic mass is 9.87. The number of nitrogens with zero attached hydrogens (tertiary/aromatic N) is 3. The number of sulfonamides is 1. The average Bonchev–Trinajstić information content (AvgIpc) is 3.74. The Morgan fingerprint density at radius 3 is 2.64 bits per heavy atom. The average molecular weight is 629 g/mol. The van der Waals surface area contributed by atoms with Crippen molar-refractivity contribution in [1.29, 1.82) is 5.26 Å². The van der Waals surface area contributed by atoms with Gasteiger partial charge in [0.15, 0.2) is 17.8 Å². The normalized spacial score (nSPS) is 22.4. The van der Waals surface area contributed by atoms with Crippen molar-refractivity contribution < 1.29 is 42.4 Å². The number of carboxylic acid groups (broad SMARTS) is 1. The molecule has 0 aliphatic carbocycles. The van der Waals surface area contributed by atoms with Gasteiger partial charge in [0.05, 0.1) is 42.4 Å². The summed E-state index contributed by atoms with van der Waals surface area (Å²) >= 11 is 0. The maximum atomic E-state index is 14.2. The molecule has 0 radical (unpaired) electrons. The van der Waals surface area contributed by atoms with Crippen LogP contribution in [0.5, 0.6) is 11.5 Å². The largest absolute Gasteiger partial charge is 0.530 e. The molecule has 44 heavy (non-hydrogen) atoms. The zero-order valence-electron chi connectivity index (χ0n) is 24.8. The SMILES string of the molecule is CC(C)(CCC#N)CN(C[C@@H](O)[C@H](Cc1ccccc1)N(C(=O)[O-])[C@H]1CO[C@H]2OCC[C@H]21)S(=O)(=O)c1ccc2c(c1)OCO2. The van der Waals surface area contributed by atoms with Gasteiger partial charge in [-0.1, -0.05) is 44.2 Å². The van der Waals surface area contributed by atoms with Crippen LogP contribution in [0.4, 0.5) is 4.79 Å². The third-order valence-corrected chi connectivity index (χ3v) is 10.4. The van der Waals surface area contributed by atoms with E-state index in [4.69, 9.17) is 18.9 Å².